The van der Waals surface area contributed by atoms with Crippen molar-refractivity contribution in [3.63, 3.8) is 0 Å². The Hall–Kier alpha value is -0.860. The molecule has 0 aromatic heterocycles. The third kappa shape index (κ3) is 1.74. The molecule has 2 heteroatoms. The molecule has 0 radical (unpaired) electrons. The first-order valence-corrected chi connectivity index (χ1v) is 4.62. The zero-order valence-electron chi connectivity index (χ0n) is 7.92. The van der Waals surface area contributed by atoms with E-state index in [4.69, 9.17) is 10.5 Å². The van der Waals surface area contributed by atoms with Crippen molar-refractivity contribution in [2.45, 2.75) is 25.0 Å². The van der Waals surface area contributed by atoms with E-state index in [2.05, 4.69) is 24.3 Å². The summed E-state index contributed by atoms with van der Waals surface area (Å²) >= 11 is 0. The Morgan fingerprint density at radius 2 is 2.23 bits per heavy atom. The molecule has 0 saturated heterocycles. The van der Waals surface area contributed by atoms with Gasteiger partial charge in [-0.3, -0.25) is 0 Å². The Morgan fingerprint density at radius 3 is 2.85 bits per heavy atom. The van der Waals surface area contributed by atoms with E-state index in [0.717, 1.165) is 12.8 Å². The van der Waals surface area contributed by atoms with Crippen LogP contribution in [0.5, 0.6) is 0 Å². The predicted molar refractivity (Wildman–Crippen MR) is 52.3 cm³/mol. The van der Waals surface area contributed by atoms with E-state index in [1.807, 2.05) is 0 Å². The first-order chi connectivity index (χ1) is 6.24. The van der Waals surface area contributed by atoms with E-state index in [1.165, 1.54) is 11.1 Å². The standard InChI is InChI=1S/C11H15NO/c1-13-8-9-3-2-4-10(7-9)11(12)5-6-11/h2-4,7H,5-6,8,12H2,1H3. The SMILES string of the molecule is COCc1cccc(C2(N)CC2)c1. The maximum atomic E-state index is 6.09. The lowest BCUT2D eigenvalue weighted by Gasteiger charge is -2.10. The second kappa shape index (κ2) is 3.13. The molecule has 2 rings (SSSR count). The van der Waals surface area contributed by atoms with Crippen molar-refractivity contribution in [3.8, 4) is 0 Å². The van der Waals surface area contributed by atoms with E-state index in [0.29, 0.717) is 6.61 Å². The fourth-order valence-corrected chi connectivity index (χ4v) is 1.56. The van der Waals surface area contributed by atoms with Crippen LogP contribution in [0.15, 0.2) is 24.3 Å². The van der Waals surface area contributed by atoms with Gasteiger partial charge in [-0.05, 0) is 24.0 Å². The summed E-state index contributed by atoms with van der Waals surface area (Å²) in [5.41, 5.74) is 8.53. The van der Waals surface area contributed by atoms with Gasteiger partial charge >= 0.3 is 0 Å². The largest absolute Gasteiger partial charge is 0.380 e. The van der Waals surface area contributed by atoms with Gasteiger partial charge in [0, 0.05) is 12.6 Å². The van der Waals surface area contributed by atoms with Crippen molar-refractivity contribution in [1.82, 2.24) is 0 Å². The number of benzene rings is 1. The molecule has 0 heterocycles. The van der Waals surface area contributed by atoms with Crippen molar-refractivity contribution >= 4 is 0 Å². The number of hydrogen-bond donors (Lipinski definition) is 1. The maximum Gasteiger partial charge on any atom is 0.0713 e. The van der Waals surface area contributed by atoms with Gasteiger partial charge < -0.3 is 10.5 Å². The van der Waals surface area contributed by atoms with E-state index in [9.17, 15) is 0 Å². The summed E-state index contributed by atoms with van der Waals surface area (Å²) in [6.07, 6.45) is 2.23. The first kappa shape index (κ1) is 8.73. The van der Waals surface area contributed by atoms with Crippen LogP contribution < -0.4 is 5.73 Å². The predicted octanol–water partition coefficient (Wildman–Crippen LogP) is 1.78. The van der Waals surface area contributed by atoms with Crippen molar-refractivity contribution < 1.29 is 4.74 Å². The van der Waals surface area contributed by atoms with Crippen molar-refractivity contribution in [3.05, 3.63) is 35.4 Å². The summed E-state index contributed by atoms with van der Waals surface area (Å²) in [4.78, 5) is 0. The van der Waals surface area contributed by atoms with Gasteiger partial charge in [-0.15, -0.1) is 0 Å². The first-order valence-electron chi connectivity index (χ1n) is 4.62. The van der Waals surface area contributed by atoms with E-state index in [1.54, 1.807) is 7.11 Å². The Kier molecular flexibility index (Phi) is 2.10. The summed E-state index contributed by atoms with van der Waals surface area (Å²) < 4.78 is 5.08. The zero-order valence-corrected chi connectivity index (χ0v) is 7.92. The number of rotatable bonds is 3. The highest BCUT2D eigenvalue weighted by Crippen LogP contribution is 2.42. The van der Waals surface area contributed by atoms with Gasteiger partial charge in [0.15, 0.2) is 0 Å². The number of ether oxygens (including phenoxy) is 1. The molecule has 13 heavy (non-hydrogen) atoms. The Balaban J connectivity index is 2.22. The van der Waals surface area contributed by atoms with Crippen LogP contribution in [-0.2, 0) is 16.9 Å². The third-order valence-corrected chi connectivity index (χ3v) is 2.60. The van der Waals surface area contributed by atoms with Crippen LogP contribution in [-0.4, -0.2) is 7.11 Å². The Labute approximate surface area is 78.7 Å². The zero-order chi connectivity index (χ0) is 9.31. The molecular formula is C11H15NO. The molecule has 0 aliphatic heterocycles. The normalized spacial score (nSPS) is 18.6. The molecule has 2 nitrogen and oxygen atoms in total. The molecule has 1 saturated carbocycles. The summed E-state index contributed by atoms with van der Waals surface area (Å²) in [6, 6.07) is 8.37. The average Bonchev–Trinajstić information content (AvgIpc) is 2.86. The highest BCUT2D eigenvalue weighted by atomic mass is 16.5. The summed E-state index contributed by atoms with van der Waals surface area (Å²) in [5.74, 6) is 0. The van der Waals surface area contributed by atoms with Crippen molar-refractivity contribution in [2.24, 2.45) is 5.73 Å². The molecule has 1 fully saturated rings. The fraction of sp³-hybridized carbons (Fsp3) is 0.455. The molecule has 0 bridgehead atoms. The maximum absolute atomic E-state index is 6.09. The summed E-state index contributed by atoms with van der Waals surface area (Å²) in [5, 5.41) is 0. The Bertz CT molecular complexity index is 305. The number of nitrogens with two attached hydrogens (primary N) is 1. The average molecular weight is 177 g/mol. The lowest BCUT2D eigenvalue weighted by molar-refractivity contribution is 0.185. The smallest absolute Gasteiger partial charge is 0.0713 e. The van der Waals surface area contributed by atoms with Crippen LogP contribution in [0, 0.1) is 0 Å². The molecule has 1 aromatic carbocycles. The minimum absolute atomic E-state index is 0.0241. The molecule has 70 valence electrons. The van der Waals surface area contributed by atoms with Crippen molar-refractivity contribution in [1.29, 1.82) is 0 Å². The minimum Gasteiger partial charge on any atom is -0.380 e. The van der Waals surface area contributed by atoms with E-state index < -0.39 is 0 Å². The van der Waals surface area contributed by atoms with Gasteiger partial charge in [0.1, 0.15) is 0 Å². The monoisotopic (exact) mass is 177 g/mol. The second-order valence-electron chi connectivity index (χ2n) is 3.79. The topological polar surface area (TPSA) is 35.2 Å². The third-order valence-electron chi connectivity index (χ3n) is 2.60. The molecule has 0 atom stereocenters. The molecule has 0 unspecified atom stereocenters. The van der Waals surface area contributed by atoms with Crippen LogP contribution in [0.3, 0.4) is 0 Å². The van der Waals surface area contributed by atoms with Gasteiger partial charge in [0.2, 0.25) is 0 Å². The minimum atomic E-state index is -0.0241. The molecule has 2 N–H and O–H groups in total. The van der Waals surface area contributed by atoms with Gasteiger partial charge in [0.25, 0.3) is 0 Å². The van der Waals surface area contributed by atoms with Gasteiger partial charge in [-0.2, -0.15) is 0 Å². The quantitative estimate of drug-likeness (QED) is 0.763. The Morgan fingerprint density at radius 1 is 1.46 bits per heavy atom. The molecular weight excluding hydrogens is 162 g/mol. The lowest BCUT2D eigenvalue weighted by Crippen LogP contribution is -2.18. The van der Waals surface area contributed by atoms with Crippen LogP contribution in [0.2, 0.25) is 0 Å². The molecule has 0 amide bonds. The highest BCUT2D eigenvalue weighted by Gasteiger charge is 2.39. The van der Waals surface area contributed by atoms with Gasteiger partial charge in [-0.1, -0.05) is 24.3 Å². The summed E-state index contributed by atoms with van der Waals surface area (Å²) in [6.45, 7) is 0.671. The highest BCUT2D eigenvalue weighted by molar-refractivity contribution is 5.32. The van der Waals surface area contributed by atoms with Crippen molar-refractivity contribution in [2.75, 3.05) is 7.11 Å². The van der Waals surface area contributed by atoms with E-state index in [-0.39, 0.29) is 5.54 Å². The number of hydrogen-bond acceptors (Lipinski definition) is 2. The van der Waals surface area contributed by atoms with Crippen LogP contribution in [0.25, 0.3) is 0 Å². The van der Waals surface area contributed by atoms with Crippen LogP contribution in [0.4, 0.5) is 0 Å². The second-order valence-corrected chi connectivity index (χ2v) is 3.79. The molecule has 1 aromatic rings. The van der Waals surface area contributed by atoms with Crippen LogP contribution in [0.1, 0.15) is 24.0 Å². The molecule has 1 aliphatic rings. The fourth-order valence-electron chi connectivity index (χ4n) is 1.56. The van der Waals surface area contributed by atoms with Gasteiger partial charge in [0.05, 0.1) is 6.61 Å². The lowest BCUT2D eigenvalue weighted by atomic mass is 10.0. The molecule has 1 aliphatic carbocycles. The number of methoxy groups -OCH3 is 1. The van der Waals surface area contributed by atoms with Crippen LogP contribution >= 0.6 is 0 Å². The summed E-state index contributed by atoms with van der Waals surface area (Å²) in [7, 11) is 1.71. The molecule has 0 spiro atoms. The van der Waals surface area contributed by atoms with E-state index >= 15 is 0 Å². The van der Waals surface area contributed by atoms with Gasteiger partial charge in [-0.25, -0.2) is 0 Å².